The molecule has 0 N–H and O–H groups in total. The largest absolute Gasteiger partial charge is 0.426 e. The lowest BCUT2D eigenvalue weighted by atomic mass is 10.1. The van der Waals surface area contributed by atoms with Gasteiger partial charge < -0.3 is 4.90 Å². The number of carbonyl (C=O) groups is 1. The van der Waals surface area contributed by atoms with E-state index in [4.69, 9.17) is 0 Å². The van der Waals surface area contributed by atoms with Gasteiger partial charge in [0.25, 0.3) is 0 Å². The number of hydrogen-bond acceptors (Lipinski definition) is 2. The van der Waals surface area contributed by atoms with Gasteiger partial charge in [0.05, 0.1) is 5.56 Å². The van der Waals surface area contributed by atoms with Crippen molar-refractivity contribution >= 4 is 23.5 Å². The van der Waals surface area contributed by atoms with Crippen LogP contribution in [0, 0.1) is 0 Å². The minimum Gasteiger partial charge on any atom is -0.366 e. The molecule has 0 aliphatic carbocycles. The van der Waals surface area contributed by atoms with Gasteiger partial charge in [0, 0.05) is 19.2 Å². The summed E-state index contributed by atoms with van der Waals surface area (Å²) in [6.45, 7) is 2.15. The fraction of sp³-hybridized carbons (Fsp3) is 0.222. The SMILES string of the molecule is O=C1c2ccccc2C=[N+]1c1ccccc1N1CCCC1. The molecule has 1 fully saturated rings. The van der Waals surface area contributed by atoms with Crippen LogP contribution in [0.4, 0.5) is 11.4 Å². The Bertz CT molecular complexity index is 742. The molecule has 0 atom stereocenters. The van der Waals surface area contributed by atoms with Crippen LogP contribution >= 0.6 is 0 Å². The molecule has 0 radical (unpaired) electrons. The average molecular weight is 277 g/mol. The molecule has 2 heterocycles. The second-order valence-corrected chi connectivity index (χ2v) is 5.57. The minimum atomic E-state index is 0.0669. The zero-order valence-corrected chi connectivity index (χ0v) is 11.8. The molecule has 0 aromatic heterocycles. The van der Waals surface area contributed by atoms with Crippen molar-refractivity contribution in [3.63, 3.8) is 0 Å². The average Bonchev–Trinajstić information content (AvgIpc) is 3.16. The first-order chi connectivity index (χ1) is 10.3. The molecular weight excluding hydrogens is 260 g/mol. The van der Waals surface area contributed by atoms with Crippen molar-refractivity contribution < 1.29 is 9.37 Å². The molecule has 104 valence electrons. The predicted octanol–water partition coefficient (Wildman–Crippen LogP) is 3.20. The third-order valence-electron chi connectivity index (χ3n) is 4.27. The Morgan fingerprint density at radius 3 is 2.43 bits per heavy atom. The summed E-state index contributed by atoms with van der Waals surface area (Å²) in [4.78, 5) is 15.0. The van der Waals surface area contributed by atoms with E-state index in [0.717, 1.165) is 35.6 Å². The number of rotatable bonds is 2. The van der Waals surface area contributed by atoms with E-state index in [0.29, 0.717) is 0 Å². The first kappa shape index (κ1) is 12.3. The number of fused-ring (bicyclic) bond motifs is 1. The maximum absolute atomic E-state index is 12.6. The molecule has 2 aliphatic rings. The zero-order valence-electron chi connectivity index (χ0n) is 11.8. The topological polar surface area (TPSA) is 23.3 Å². The van der Waals surface area contributed by atoms with Crippen molar-refractivity contribution in [3.8, 4) is 0 Å². The summed E-state index contributed by atoms with van der Waals surface area (Å²) in [6.07, 6.45) is 4.41. The number of carbonyl (C=O) groups excluding carboxylic acids is 1. The van der Waals surface area contributed by atoms with Crippen LogP contribution < -0.4 is 4.90 Å². The first-order valence-corrected chi connectivity index (χ1v) is 7.46. The van der Waals surface area contributed by atoms with E-state index in [1.807, 2.05) is 48.7 Å². The predicted molar refractivity (Wildman–Crippen MR) is 83.7 cm³/mol. The van der Waals surface area contributed by atoms with Crippen molar-refractivity contribution in [1.29, 1.82) is 0 Å². The second-order valence-electron chi connectivity index (χ2n) is 5.57. The van der Waals surface area contributed by atoms with Gasteiger partial charge in [-0.2, -0.15) is 0 Å². The Morgan fingerprint density at radius 2 is 1.62 bits per heavy atom. The lowest BCUT2D eigenvalue weighted by molar-refractivity contribution is -0.324. The summed E-state index contributed by atoms with van der Waals surface area (Å²) in [5.41, 5.74) is 3.93. The van der Waals surface area contributed by atoms with Crippen LogP contribution in [0.3, 0.4) is 0 Å². The van der Waals surface area contributed by atoms with Crippen LogP contribution in [-0.4, -0.2) is 29.8 Å². The zero-order chi connectivity index (χ0) is 14.2. The number of para-hydroxylation sites is 2. The molecule has 1 saturated heterocycles. The summed E-state index contributed by atoms with van der Waals surface area (Å²) >= 11 is 0. The number of nitrogens with zero attached hydrogens (tertiary/aromatic N) is 2. The summed E-state index contributed by atoms with van der Waals surface area (Å²) in [5.74, 6) is 0.0669. The van der Waals surface area contributed by atoms with Gasteiger partial charge in [-0.25, -0.2) is 4.79 Å². The number of benzene rings is 2. The standard InChI is InChI=1S/C18H17N2O/c21-18-15-8-2-1-7-14(15)13-20(18)17-10-4-3-9-16(17)19-11-5-6-12-19/h1-4,7-10,13H,5-6,11-12H2/q+1. The van der Waals surface area contributed by atoms with E-state index in [2.05, 4.69) is 11.0 Å². The fourth-order valence-corrected chi connectivity index (χ4v) is 3.20. The van der Waals surface area contributed by atoms with Crippen molar-refractivity contribution in [2.75, 3.05) is 18.0 Å². The lowest BCUT2D eigenvalue weighted by Crippen LogP contribution is -2.21. The van der Waals surface area contributed by atoms with E-state index >= 15 is 0 Å². The smallest absolute Gasteiger partial charge is 0.366 e. The third-order valence-corrected chi connectivity index (χ3v) is 4.27. The Labute approximate surface area is 124 Å². The van der Waals surface area contributed by atoms with Crippen LogP contribution in [0.2, 0.25) is 0 Å². The monoisotopic (exact) mass is 277 g/mol. The maximum atomic E-state index is 12.6. The highest BCUT2D eigenvalue weighted by molar-refractivity contribution is 6.06. The molecule has 0 bridgehead atoms. The van der Waals surface area contributed by atoms with Gasteiger partial charge >= 0.3 is 5.91 Å². The number of amides is 1. The van der Waals surface area contributed by atoms with Crippen molar-refractivity contribution in [2.24, 2.45) is 0 Å². The fourth-order valence-electron chi connectivity index (χ4n) is 3.20. The van der Waals surface area contributed by atoms with Gasteiger partial charge in [-0.15, -0.1) is 4.58 Å². The lowest BCUT2D eigenvalue weighted by Gasteiger charge is -2.17. The number of anilines is 1. The molecule has 0 saturated carbocycles. The second kappa shape index (κ2) is 4.85. The molecule has 1 amide bonds. The van der Waals surface area contributed by atoms with E-state index in [9.17, 15) is 4.79 Å². The van der Waals surface area contributed by atoms with E-state index < -0.39 is 0 Å². The molecule has 2 aromatic carbocycles. The van der Waals surface area contributed by atoms with E-state index in [1.165, 1.54) is 12.8 Å². The highest BCUT2D eigenvalue weighted by Crippen LogP contribution is 2.33. The molecule has 0 spiro atoms. The van der Waals surface area contributed by atoms with Crippen molar-refractivity contribution in [1.82, 2.24) is 0 Å². The highest BCUT2D eigenvalue weighted by atomic mass is 16.2. The Morgan fingerprint density at radius 1 is 0.905 bits per heavy atom. The minimum absolute atomic E-state index is 0.0669. The van der Waals surface area contributed by atoms with Gasteiger partial charge in [-0.3, -0.25) is 0 Å². The third kappa shape index (κ3) is 1.97. The summed E-state index contributed by atoms with van der Waals surface area (Å²) in [6, 6.07) is 16.0. The van der Waals surface area contributed by atoms with Crippen LogP contribution in [-0.2, 0) is 0 Å². The van der Waals surface area contributed by atoms with Gasteiger partial charge in [0.2, 0.25) is 5.69 Å². The molecule has 4 rings (SSSR count). The summed E-state index contributed by atoms with van der Waals surface area (Å²) in [5, 5.41) is 0. The highest BCUT2D eigenvalue weighted by Gasteiger charge is 2.34. The van der Waals surface area contributed by atoms with Crippen LogP contribution in [0.1, 0.15) is 28.8 Å². The Kier molecular flexibility index (Phi) is 2.85. The quantitative estimate of drug-likeness (QED) is 0.787. The van der Waals surface area contributed by atoms with Gasteiger partial charge in [0.15, 0.2) is 6.21 Å². The Balaban J connectivity index is 1.80. The molecule has 2 aliphatic heterocycles. The van der Waals surface area contributed by atoms with E-state index in [1.54, 1.807) is 4.58 Å². The molecule has 0 unspecified atom stereocenters. The summed E-state index contributed by atoms with van der Waals surface area (Å²) in [7, 11) is 0. The van der Waals surface area contributed by atoms with Gasteiger partial charge in [-0.05, 0) is 31.0 Å². The van der Waals surface area contributed by atoms with Crippen LogP contribution in [0.25, 0.3) is 0 Å². The molecule has 21 heavy (non-hydrogen) atoms. The van der Waals surface area contributed by atoms with Crippen LogP contribution in [0.5, 0.6) is 0 Å². The van der Waals surface area contributed by atoms with Gasteiger partial charge in [-0.1, -0.05) is 24.3 Å². The normalized spacial score (nSPS) is 17.0. The maximum Gasteiger partial charge on any atom is 0.426 e. The van der Waals surface area contributed by atoms with Gasteiger partial charge in [0.1, 0.15) is 11.3 Å². The molecule has 2 aromatic rings. The van der Waals surface area contributed by atoms with Crippen molar-refractivity contribution in [3.05, 3.63) is 59.7 Å². The van der Waals surface area contributed by atoms with E-state index in [-0.39, 0.29) is 5.91 Å². The van der Waals surface area contributed by atoms with Crippen LogP contribution in [0.15, 0.2) is 48.5 Å². The molecule has 3 nitrogen and oxygen atoms in total. The van der Waals surface area contributed by atoms with Crippen molar-refractivity contribution in [2.45, 2.75) is 12.8 Å². The molecule has 3 heteroatoms. The first-order valence-electron chi connectivity index (χ1n) is 7.46. The summed E-state index contributed by atoms with van der Waals surface area (Å²) < 4.78 is 1.79. The molecular formula is C18H17N2O+. The number of hydrogen-bond donors (Lipinski definition) is 0. The Hall–Kier alpha value is -2.42.